The van der Waals surface area contributed by atoms with Gasteiger partial charge in [0, 0.05) is 16.5 Å². The fourth-order valence-corrected chi connectivity index (χ4v) is 4.65. The molecule has 0 unspecified atom stereocenters. The fourth-order valence-electron chi connectivity index (χ4n) is 3.83. The lowest BCUT2D eigenvalue weighted by Gasteiger charge is -2.16. The first kappa shape index (κ1) is 23.5. The van der Waals surface area contributed by atoms with Crippen LogP contribution in [0.3, 0.4) is 0 Å². The summed E-state index contributed by atoms with van der Waals surface area (Å²) < 4.78 is 16.1. The Balaban J connectivity index is 1.69. The van der Waals surface area contributed by atoms with Gasteiger partial charge in [-0.3, -0.25) is 9.59 Å². The first-order valence-corrected chi connectivity index (χ1v) is 11.1. The number of esters is 1. The predicted octanol–water partition coefficient (Wildman–Crippen LogP) is 5.24. The van der Waals surface area contributed by atoms with Crippen LogP contribution in [-0.4, -0.2) is 31.0 Å². The average Bonchev–Trinajstić information content (AvgIpc) is 3.20. The van der Waals surface area contributed by atoms with E-state index in [-0.39, 0.29) is 24.8 Å². The van der Waals surface area contributed by atoms with Crippen LogP contribution in [0.4, 0.5) is 0 Å². The molecular formula is C25H27NO5S. The number of ether oxygens (including phenoxy) is 3. The Morgan fingerprint density at radius 1 is 1.00 bits per heavy atom. The zero-order valence-corrected chi connectivity index (χ0v) is 20.0. The zero-order valence-electron chi connectivity index (χ0n) is 19.2. The standard InChI is InChI=1S/C25H27NO5S/c1-14-9-15(2)24(17(4)27)16(3)20(14)12-31-23(28)11-19-13-32-25(26-19)18-7-8-21(29-5)22(10-18)30-6/h7-10,13H,11-12H2,1-6H3. The van der Waals surface area contributed by atoms with E-state index >= 15 is 0 Å². The molecule has 7 heteroatoms. The molecule has 0 spiro atoms. The molecule has 0 N–H and O–H groups in total. The molecule has 0 fully saturated rings. The summed E-state index contributed by atoms with van der Waals surface area (Å²) in [6.45, 7) is 7.46. The molecule has 6 nitrogen and oxygen atoms in total. The van der Waals surface area contributed by atoms with E-state index in [9.17, 15) is 9.59 Å². The number of nitrogens with zero attached hydrogens (tertiary/aromatic N) is 1. The minimum absolute atomic E-state index is 0.0118. The summed E-state index contributed by atoms with van der Waals surface area (Å²) in [6, 6.07) is 7.54. The monoisotopic (exact) mass is 453 g/mol. The average molecular weight is 454 g/mol. The van der Waals surface area contributed by atoms with Gasteiger partial charge in [-0.2, -0.15) is 0 Å². The van der Waals surface area contributed by atoms with Gasteiger partial charge in [-0.1, -0.05) is 6.07 Å². The Bertz CT molecular complexity index is 1170. The molecule has 32 heavy (non-hydrogen) atoms. The third-order valence-electron chi connectivity index (χ3n) is 5.37. The lowest BCUT2D eigenvalue weighted by Crippen LogP contribution is -2.12. The van der Waals surface area contributed by atoms with Crippen LogP contribution >= 0.6 is 11.3 Å². The van der Waals surface area contributed by atoms with E-state index < -0.39 is 0 Å². The van der Waals surface area contributed by atoms with Gasteiger partial charge in [-0.15, -0.1) is 11.3 Å². The van der Waals surface area contributed by atoms with E-state index in [1.807, 2.05) is 50.4 Å². The van der Waals surface area contributed by atoms with Crippen molar-refractivity contribution in [1.29, 1.82) is 0 Å². The highest BCUT2D eigenvalue weighted by atomic mass is 32.1. The molecule has 0 aliphatic rings. The van der Waals surface area contributed by atoms with Crippen LogP contribution in [0, 0.1) is 20.8 Å². The SMILES string of the molecule is COc1ccc(-c2nc(CC(=O)OCc3c(C)cc(C)c(C(C)=O)c3C)cs2)cc1OC. The molecule has 0 aliphatic heterocycles. The smallest absolute Gasteiger partial charge is 0.312 e. The second-order valence-corrected chi connectivity index (χ2v) is 8.45. The Morgan fingerprint density at radius 2 is 1.72 bits per heavy atom. The lowest BCUT2D eigenvalue weighted by molar-refractivity contribution is -0.144. The molecule has 0 atom stereocenters. The number of carbonyl (C=O) groups is 2. The number of ketones is 1. The van der Waals surface area contributed by atoms with Crippen molar-refractivity contribution < 1.29 is 23.8 Å². The van der Waals surface area contributed by atoms with Gasteiger partial charge in [0.2, 0.25) is 0 Å². The number of hydrogen-bond acceptors (Lipinski definition) is 7. The van der Waals surface area contributed by atoms with Gasteiger partial charge in [0.05, 0.1) is 26.3 Å². The highest BCUT2D eigenvalue weighted by Crippen LogP contribution is 2.33. The highest BCUT2D eigenvalue weighted by molar-refractivity contribution is 7.13. The Morgan fingerprint density at radius 3 is 2.38 bits per heavy atom. The molecule has 0 bridgehead atoms. The Hall–Kier alpha value is -3.19. The molecule has 1 aromatic heterocycles. The fraction of sp³-hybridized carbons (Fsp3) is 0.320. The van der Waals surface area contributed by atoms with Crippen LogP contribution in [0.1, 0.15) is 45.2 Å². The summed E-state index contributed by atoms with van der Waals surface area (Å²) in [7, 11) is 3.17. The molecule has 2 aromatic carbocycles. The van der Waals surface area contributed by atoms with Gasteiger partial charge in [-0.25, -0.2) is 4.98 Å². The number of hydrogen-bond donors (Lipinski definition) is 0. The topological polar surface area (TPSA) is 74.7 Å². The van der Waals surface area contributed by atoms with Gasteiger partial charge < -0.3 is 14.2 Å². The molecular weight excluding hydrogens is 426 g/mol. The number of aromatic nitrogens is 1. The van der Waals surface area contributed by atoms with Gasteiger partial charge in [0.1, 0.15) is 11.6 Å². The van der Waals surface area contributed by atoms with Gasteiger partial charge >= 0.3 is 5.97 Å². The van der Waals surface area contributed by atoms with Gasteiger partial charge in [0.15, 0.2) is 17.3 Å². The van der Waals surface area contributed by atoms with Crippen molar-refractivity contribution in [3.8, 4) is 22.1 Å². The number of Topliss-reactive ketones (excluding diaryl/α,β-unsaturated/α-hetero) is 1. The number of methoxy groups -OCH3 is 2. The first-order valence-electron chi connectivity index (χ1n) is 10.2. The van der Waals surface area contributed by atoms with Crippen LogP contribution in [0.25, 0.3) is 10.6 Å². The van der Waals surface area contributed by atoms with Crippen molar-refractivity contribution in [2.45, 2.75) is 40.7 Å². The summed E-state index contributed by atoms with van der Waals surface area (Å²) in [5.41, 5.74) is 5.91. The lowest BCUT2D eigenvalue weighted by atomic mass is 9.92. The van der Waals surface area contributed by atoms with Crippen molar-refractivity contribution in [3.63, 3.8) is 0 Å². The summed E-state index contributed by atoms with van der Waals surface area (Å²) in [5, 5.41) is 2.63. The normalized spacial score (nSPS) is 10.7. The van der Waals surface area contributed by atoms with Gasteiger partial charge in [0.25, 0.3) is 0 Å². The van der Waals surface area contributed by atoms with E-state index in [1.165, 1.54) is 11.3 Å². The minimum Gasteiger partial charge on any atom is -0.493 e. The van der Waals surface area contributed by atoms with E-state index in [1.54, 1.807) is 21.1 Å². The number of aryl methyl sites for hydroxylation is 2. The van der Waals surface area contributed by atoms with E-state index in [2.05, 4.69) is 4.98 Å². The second-order valence-electron chi connectivity index (χ2n) is 7.60. The molecule has 1 heterocycles. The zero-order chi connectivity index (χ0) is 23.4. The van der Waals surface area contributed by atoms with Crippen molar-refractivity contribution >= 4 is 23.1 Å². The molecule has 0 radical (unpaired) electrons. The number of benzene rings is 2. The maximum Gasteiger partial charge on any atom is 0.312 e. The molecule has 0 saturated heterocycles. The van der Waals surface area contributed by atoms with Crippen LogP contribution in [0.2, 0.25) is 0 Å². The molecule has 168 valence electrons. The second kappa shape index (κ2) is 9.96. The third-order valence-corrected chi connectivity index (χ3v) is 6.31. The van der Waals surface area contributed by atoms with Crippen LogP contribution in [-0.2, 0) is 22.6 Å². The molecule has 0 saturated carbocycles. The maximum atomic E-state index is 12.5. The Kier molecular flexibility index (Phi) is 7.30. The molecule has 3 aromatic rings. The maximum absolute atomic E-state index is 12.5. The van der Waals surface area contributed by atoms with Crippen LogP contribution in [0.15, 0.2) is 29.6 Å². The first-order chi connectivity index (χ1) is 15.2. The number of carbonyl (C=O) groups excluding carboxylic acids is 2. The predicted molar refractivity (Wildman–Crippen MR) is 125 cm³/mol. The van der Waals surface area contributed by atoms with Crippen LogP contribution < -0.4 is 9.47 Å². The largest absolute Gasteiger partial charge is 0.493 e. The van der Waals surface area contributed by atoms with Gasteiger partial charge in [-0.05, 0) is 68.1 Å². The van der Waals surface area contributed by atoms with E-state index in [0.717, 1.165) is 32.8 Å². The van der Waals surface area contributed by atoms with Crippen molar-refractivity contribution in [2.75, 3.05) is 14.2 Å². The van der Waals surface area contributed by atoms with Crippen molar-refractivity contribution in [2.24, 2.45) is 0 Å². The van der Waals surface area contributed by atoms with E-state index in [4.69, 9.17) is 14.2 Å². The summed E-state index contributed by atoms with van der Waals surface area (Å²) in [5.74, 6) is 0.914. The van der Waals surface area contributed by atoms with Crippen molar-refractivity contribution in [3.05, 3.63) is 63.2 Å². The summed E-state index contributed by atoms with van der Waals surface area (Å²) in [6.07, 6.45) is 0.0767. The number of thiazole rings is 1. The molecule has 0 amide bonds. The van der Waals surface area contributed by atoms with Crippen molar-refractivity contribution in [1.82, 2.24) is 4.98 Å². The number of rotatable bonds is 8. The molecule has 3 rings (SSSR count). The van der Waals surface area contributed by atoms with Crippen LogP contribution in [0.5, 0.6) is 11.5 Å². The summed E-state index contributed by atoms with van der Waals surface area (Å²) >= 11 is 1.45. The highest BCUT2D eigenvalue weighted by Gasteiger charge is 2.17. The Labute approximate surface area is 192 Å². The summed E-state index contributed by atoms with van der Waals surface area (Å²) in [4.78, 5) is 29.0. The molecule has 0 aliphatic carbocycles. The van der Waals surface area contributed by atoms with E-state index in [0.29, 0.717) is 22.8 Å². The third kappa shape index (κ3) is 4.99. The quantitative estimate of drug-likeness (QED) is 0.343. The minimum atomic E-state index is -0.363.